The third-order valence-corrected chi connectivity index (χ3v) is 5.35. The van der Waals surface area contributed by atoms with Crippen LogP contribution in [0.25, 0.3) is 21.2 Å². The molecule has 0 aliphatic carbocycles. The van der Waals surface area contributed by atoms with Crippen molar-refractivity contribution in [2.24, 2.45) is 0 Å². The number of thiazole rings is 1. The van der Waals surface area contributed by atoms with Gasteiger partial charge in [0.15, 0.2) is 10.9 Å². The molecule has 0 saturated carbocycles. The van der Waals surface area contributed by atoms with Gasteiger partial charge in [-0.1, -0.05) is 34.5 Å². The first-order valence-corrected chi connectivity index (χ1v) is 9.19. The van der Waals surface area contributed by atoms with Gasteiger partial charge in [-0.2, -0.15) is 0 Å². The molecule has 0 N–H and O–H groups in total. The zero-order chi connectivity index (χ0) is 17.6. The number of rotatable bonds is 3. The van der Waals surface area contributed by atoms with Crippen LogP contribution >= 0.6 is 34.5 Å². The fourth-order valence-corrected chi connectivity index (χ4v) is 3.98. The van der Waals surface area contributed by atoms with Crippen molar-refractivity contribution in [2.45, 2.75) is 6.92 Å². The van der Waals surface area contributed by atoms with Crippen LogP contribution in [0.15, 0.2) is 46.9 Å². The summed E-state index contributed by atoms with van der Waals surface area (Å²) in [7, 11) is 0. The van der Waals surface area contributed by atoms with Crippen molar-refractivity contribution in [2.75, 3.05) is 11.4 Å². The van der Waals surface area contributed by atoms with Crippen LogP contribution < -0.4 is 4.90 Å². The minimum absolute atomic E-state index is 0.236. The van der Waals surface area contributed by atoms with Crippen molar-refractivity contribution < 1.29 is 9.21 Å². The number of hydrogen-bond acceptors (Lipinski definition) is 4. The van der Waals surface area contributed by atoms with E-state index in [4.69, 9.17) is 27.6 Å². The molecule has 0 aliphatic heterocycles. The van der Waals surface area contributed by atoms with E-state index in [0.717, 1.165) is 15.6 Å². The Morgan fingerprint density at radius 1 is 1.16 bits per heavy atom. The van der Waals surface area contributed by atoms with Crippen molar-refractivity contribution in [1.29, 1.82) is 0 Å². The number of aromatic nitrogens is 1. The molecule has 4 nitrogen and oxygen atoms in total. The number of nitrogens with zero attached hydrogens (tertiary/aromatic N) is 2. The van der Waals surface area contributed by atoms with Crippen LogP contribution in [0.5, 0.6) is 0 Å². The van der Waals surface area contributed by atoms with Gasteiger partial charge in [-0.15, -0.1) is 0 Å². The molecule has 0 fully saturated rings. The van der Waals surface area contributed by atoms with Gasteiger partial charge in [-0.05, 0) is 49.4 Å². The van der Waals surface area contributed by atoms with Gasteiger partial charge in [0, 0.05) is 22.0 Å². The van der Waals surface area contributed by atoms with Crippen LogP contribution in [-0.2, 0) is 0 Å². The highest BCUT2D eigenvalue weighted by atomic mass is 35.5. The van der Waals surface area contributed by atoms with Crippen LogP contribution in [0.1, 0.15) is 17.5 Å². The number of benzene rings is 2. The summed E-state index contributed by atoms with van der Waals surface area (Å²) in [6, 6.07) is 12.5. The first kappa shape index (κ1) is 16.4. The fourth-order valence-electron chi connectivity index (χ4n) is 2.62. The molecule has 7 heteroatoms. The van der Waals surface area contributed by atoms with Crippen molar-refractivity contribution in [3.8, 4) is 0 Å². The van der Waals surface area contributed by atoms with Gasteiger partial charge in [-0.3, -0.25) is 9.69 Å². The Bertz CT molecular complexity index is 1100. The maximum atomic E-state index is 12.9. The second-order valence-corrected chi connectivity index (χ2v) is 7.33. The Hall–Kier alpha value is -2.08. The summed E-state index contributed by atoms with van der Waals surface area (Å²) in [5.74, 6) is 0.0244. The lowest BCUT2D eigenvalue weighted by Crippen LogP contribution is -2.30. The maximum Gasteiger partial charge on any atom is 0.295 e. The quantitative estimate of drug-likeness (QED) is 0.429. The molecule has 2 aromatic heterocycles. The van der Waals surface area contributed by atoms with Crippen LogP contribution in [-0.4, -0.2) is 17.4 Å². The summed E-state index contributed by atoms with van der Waals surface area (Å²) >= 11 is 13.5. The average molecular weight is 391 g/mol. The molecule has 25 heavy (non-hydrogen) atoms. The van der Waals surface area contributed by atoms with E-state index in [2.05, 4.69) is 4.98 Å². The third kappa shape index (κ3) is 2.99. The van der Waals surface area contributed by atoms with Gasteiger partial charge in [0.1, 0.15) is 5.58 Å². The first-order valence-electron chi connectivity index (χ1n) is 7.62. The second-order valence-electron chi connectivity index (χ2n) is 5.45. The number of anilines is 1. The molecule has 2 aromatic carbocycles. The lowest BCUT2D eigenvalue weighted by atomic mass is 10.2. The molecule has 0 radical (unpaired) electrons. The third-order valence-electron chi connectivity index (χ3n) is 3.82. The molecule has 0 aliphatic rings. The van der Waals surface area contributed by atoms with Gasteiger partial charge >= 0.3 is 0 Å². The molecule has 0 unspecified atom stereocenters. The Labute approximate surface area is 157 Å². The van der Waals surface area contributed by atoms with Crippen molar-refractivity contribution in [3.63, 3.8) is 0 Å². The zero-order valence-electron chi connectivity index (χ0n) is 13.1. The topological polar surface area (TPSA) is 46.3 Å². The number of hydrogen-bond donors (Lipinski definition) is 0. The van der Waals surface area contributed by atoms with Gasteiger partial charge in [0.25, 0.3) is 5.91 Å². The van der Waals surface area contributed by atoms with E-state index in [1.165, 1.54) is 11.3 Å². The van der Waals surface area contributed by atoms with E-state index in [0.29, 0.717) is 27.3 Å². The number of fused-ring (bicyclic) bond motifs is 2. The van der Waals surface area contributed by atoms with Crippen molar-refractivity contribution in [3.05, 3.63) is 58.3 Å². The molecule has 0 atom stereocenters. The monoisotopic (exact) mass is 390 g/mol. The average Bonchev–Trinajstić information content (AvgIpc) is 3.18. The number of halogens is 2. The SMILES string of the molecule is CCN(C(=O)c1cc2cc(Cl)ccc2o1)c1nc2cc(Cl)ccc2s1. The molecule has 0 spiro atoms. The van der Waals surface area contributed by atoms with Gasteiger partial charge in [0.05, 0.1) is 10.2 Å². The minimum Gasteiger partial charge on any atom is -0.451 e. The normalized spacial score (nSPS) is 11.3. The van der Waals surface area contributed by atoms with Gasteiger partial charge in [-0.25, -0.2) is 4.98 Å². The summed E-state index contributed by atoms with van der Waals surface area (Å²) < 4.78 is 6.66. The van der Waals surface area contributed by atoms with Crippen molar-refractivity contribution >= 4 is 66.8 Å². The van der Waals surface area contributed by atoms with Crippen molar-refractivity contribution in [1.82, 2.24) is 4.98 Å². The molecule has 4 aromatic rings. The zero-order valence-corrected chi connectivity index (χ0v) is 15.5. The van der Waals surface area contributed by atoms with E-state index in [1.807, 2.05) is 19.1 Å². The number of carbonyl (C=O) groups is 1. The van der Waals surface area contributed by atoms with Gasteiger partial charge in [0.2, 0.25) is 0 Å². The molecule has 1 amide bonds. The molecule has 0 saturated heterocycles. The molecule has 2 heterocycles. The maximum absolute atomic E-state index is 12.9. The van der Waals surface area contributed by atoms with Crippen LogP contribution in [0, 0.1) is 0 Å². The fraction of sp³-hybridized carbons (Fsp3) is 0.111. The highest BCUT2D eigenvalue weighted by molar-refractivity contribution is 7.22. The lowest BCUT2D eigenvalue weighted by Gasteiger charge is -2.15. The standard InChI is InChI=1S/C18H12Cl2N2O2S/c1-2-22(18-21-13-9-12(20)4-6-16(13)25-18)17(23)15-8-10-7-11(19)3-5-14(10)24-15/h3-9H,2H2,1H3. The lowest BCUT2D eigenvalue weighted by molar-refractivity contribution is 0.0964. The predicted octanol–water partition coefficient (Wildman–Crippen LogP) is 6.02. The Morgan fingerprint density at radius 2 is 1.92 bits per heavy atom. The second kappa shape index (κ2) is 6.33. The molecular weight excluding hydrogens is 379 g/mol. The number of carbonyl (C=O) groups excluding carboxylic acids is 1. The van der Waals surface area contributed by atoms with E-state index < -0.39 is 0 Å². The smallest absolute Gasteiger partial charge is 0.295 e. The summed E-state index contributed by atoms with van der Waals surface area (Å²) in [6.45, 7) is 2.38. The Morgan fingerprint density at radius 3 is 2.72 bits per heavy atom. The summed E-state index contributed by atoms with van der Waals surface area (Å²) in [5, 5.41) is 2.63. The molecular formula is C18H12Cl2N2O2S. The van der Waals surface area contributed by atoms with Crippen LogP contribution in [0.2, 0.25) is 10.0 Å². The van der Waals surface area contributed by atoms with E-state index in [1.54, 1.807) is 35.2 Å². The van der Waals surface area contributed by atoms with E-state index >= 15 is 0 Å². The highest BCUT2D eigenvalue weighted by Gasteiger charge is 2.23. The minimum atomic E-state index is -0.236. The summed E-state index contributed by atoms with van der Waals surface area (Å²) in [5.41, 5.74) is 1.40. The largest absolute Gasteiger partial charge is 0.451 e. The molecule has 0 bridgehead atoms. The summed E-state index contributed by atoms with van der Waals surface area (Å²) in [4.78, 5) is 19.0. The number of amides is 1. The Balaban J connectivity index is 1.74. The summed E-state index contributed by atoms with van der Waals surface area (Å²) in [6.07, 6.45) is 0. The molecule has 4 rings (SSSR count). The van der Waals surface area contributed by atoms with E-state index in [9.17, 15) is 4.79 Å². The number of furan rings is 1. The van der Waals surface area contributed by atoms with E-state index in [-0.39, 0.29) is 11.7 Å². The highest BCUT2D eigenvalue weighted by Crippen LogP contribution is 2.32. The van der Waals surface area contributed by atoms with Gasteiger partial charge < -0.3 is 4.42 Å². The molecule has 126 valence electrons. The predicted molar refractivity (Wildman–Crippen MR) is 103 cm³/mol. The van der Waals surface area contributed by atoms with Crippen LogP contribution in [0.4, 0.5) is 5.13 Å². The first-order chi connectivity index (χ1) is 12.0. The Kier molecular flexibility index (Phi) is 4.15. The van der Waals surface area contributed by atoms with Crippen LogP contribution in [0.3, 0.4) is 0 Å².